The summed E-state index contributed by atoms with van der Waals surface area (Å²) in [6, 6.07) is 6.03. The molecule has 0 aromatic heterocycles. The number of rotatable bonds is 5. The molecule has 2 rings (SSSR count). The van der Waals surface area contributed by atoms with E-state index in [4.69, 9.17) is 5.73 Å². The highest BCUT2D eigenvalue weighted by atomic mass is 79.9. The van der Waals surface area contributed by atoms with Gasteiger partial charge in [0, 0.05) is 28.8 Å². The van der Waals surface area contributed by atoms with Crippen LogP contribution in [0.25, 0.3) is 0 Å². The summed E-state index contributed by atoms with van der Waals surface area (Å²) in [5, 5.41) is 0. The van der Waals surface area contributed by atoms with Gasteiger partial charge in [0.05, 0.1) is 0 Å². The van der Waals surface area contributed by atoms with Gasteiger partial charge in [-0.3, -0.25) is 4.90 Å². The molecule has 1 aliphatic rings. The Labute approximate surface area is 106 Å². The van der Waals surface area contributed by atoms with Crippen molar-refractivity contribution in [1.82, 2.24) is 4.90 Å². The van der Waals surface area contributed by atoms with E-state index < -0.39 is 0 Å². The molecule has 0 heterocycles. The molecule has 2 N–H and O–H groups in total. The smallest absolute Gasteiger partial charge is 0.0371 e. The molecule has 3 heteroatoms. The number of nitrogen functional groups attached to an aromatic ring is 1. The molecule has 0 unspecified atom stereocenters. The fourth-order valence-electron chi connectivity index (χ4n) is 1.94. The van der Waals surface area contributed by atoms with E-state index in [1.54, 1.807) is 0 Å². The first-order chi connectivity index (χ1) is 7.70. The molecule has 0 atom stereocenters. The predicted molar refractivity (Wildman–Crippen MR) is 72.2 cm³/mol. The maximum absolute atomic E-state index is 6.01. The summed E-state index contributed by atoms with van der Waals surface area (Å²) in [6.45, 7) is 5.49. The number of hydrogen-bond donors (Lipinski definition) is 1. The number of nitrogens with zero attached hydrogens (tertiary/aromatic N) is 1. The lowest BCUT2D eigenvalue weighted by atomic mass is 10.1. The van der Waals surface area contributed by atoms with Gasteiger partial charge in [-0.05, 0) is 37.4 Å². The van der Waals surface area contributed by atoms with E-state index in [1.165, 1.54) is 24.9 Å². The summed E-state index contributed by atoms with van der Waals surface area (Å²) in [6.07, 6.45) is 2.81. The molecule has 0 amide bonds. The average Bonchev–Trinajstić information content (AvgIpc) is 3.06. The molecule has 0 radical (unpaired) electrons. The van der Waals surface area contributed by atoms with Crippen molar-refractivity contribution in [3.63, 3.8) is 0 Å². The van der Waals surface area contributed by atoms with E-state index in [0.29, 0.717) is 0 Å². The zero-order chi connectivity index (χ0) is 11.5. The summed E-state index contributed by atoms with van der Waals surface area (Å²) in [5.41, 5.74) is 8.13. The third-order valence-electron chi connectivity index (χ3n) is 3.20. The summed E-state index contributed by atoms with van der Waals surface area (Å²) < 4.78 is 1.13. The molecule has 1 aromatic rings. The largest absolute Gasteiger partial charge is 0.398 e. The second-order valence-electron chi connectivity index (χ2n) is 4.58. The minimum absolute atomic E-state index is 0.892. The van der Waals surface area contributed by atoms with Gasteiger partial charge in [-0.15, -0.1) is 0 Å². The van der Waals surface area contributed by atoms with Crippen LogP contribution < -0.4 is 5.73 Å². The second kappa shape index (κ2) is 5.19. The van der Waals surface area contributed by atoms with Crippen LogP contribution in [0.3, 0.4) is 0 Å². The van der Waals surface area contributed by atoms with Crippen LogP contribution in [0.4, 0.5) is 5.69 Å². The maximum Gasteiger partial charge on any atom is 0.0371 e. The highest BCUT2D eigenvalue weighted by Gasteiger charge is 2.24. The molecule has 0 bridgehead atoms. The topological polar surface area (TPSA) is 29.3 Å². The molecule has 0 aliphatic heterocycles. The molecular weight excluding hydrogens is 264 g/mol. The minimum Gasteiger partial charge on any atom is -0.398 e. The number of hydrogen-bond acceptors (Lipinski definition) is 2. The van der Waals surface area contributed by atoms with E-state index in [1.807, 2.05) is 12.1 Å². The third-order valence-corrected chi connectivity index (χ3v) is 3.94. The number of halogens is 1. The Bertz CT molecular complexity index is 341. The Kier molecular flexibility index (Phi) is 3.87. The number of anilines is 1. The molecule has 1 aromatic carbocycles. The first kappa shape index (κ1) is 11.9. The Balaban J connectivity index is 2.05. The van der Waals surface area contributed by atoms with E-state index in [2.05, 4.69) is 33.8 Å². The zero-order valence-corrected chi connectivity index (χ0v) is 11.3. The molecule has 0 spiro atoms. The first-order valence-corrected chi connectivity index (χ1v) is 6.75. The van der Waals surface area contributed by atoms with Gasteiger partial charge in [0.25, 0.3) is 0 Å². The molecule has 1 fully saturated rings. The molecule has 1 saturated carbocycles. The van der Waals surface area contributed by atoms with Crippen molar-refractivity contribution in [2.75, 3.05) is 18.8 Å². The summed E-state index contributed by atoms with van der Waals surface area (Å²) in [4.78, 5) is 2.48. The Morgan fingerprint density at radius 1 is 1.44 bits per heavy atom. The van der Waals surface area contributed by atoms with E-state index >= 15 is 0 Å². The molecule has 88 valence electrons. The molecular formula is C13H19BrN2. The van der Waals surface area contributed by atoms with Gasteiger partial charge >= 0.3 is 0 Å². The van der Waals surface area contributed by atoms with Crippen molar-refractivity contribution in [3.05, 3.63) is 28.2 Å². The third kappa shape index (κ3) is 2.98. The molecule has 1 aliphatic carbocycles. The van der Waals surface area contributed by atoms with Crippen LogP contribution in [-0.4, -0.2) is 18.0 Å². The zero-order valence-electron chi connectivity index (χ0n) is 9.75. The Hall–Kier alpha value is -0.540. The van der Waals surface area contributed by atoms with Crippen molar-refractivity contribution in [2.24, 2.45) is 5.92 Å². The summed E-state index contributed by atoms with van der Waals surface area (Å²) in [7, 11) is 0. The predicted octanol–water partition coefficient (Wildman–Crippen LogP) is 3.26. The van der Waals surface area contributed by atoms with Crippen molar-refractivity contribution < 1.29 is 0 Å². The fraction of sp³-hybridized carbons (Fsp3) is 0.538. The Morgan fingerprint density at radius 2 is 2.19 bits per heavy atom. The van der Waals surface area contributed by atoms with Crippen LogP contribution in [0.15, 0.2) is 22.7 Å². The fourth-order valence-corrected chi connectivity index (χ4v) is 2.44. The van der Waals surface area contributed by atoms with E-state index in [0.717, 1.165) is 29.2 Å². The highest BCUT2D eigenvalue weighted by molar-refractivity contribution is 9.10. The second-order valence-corrected chi connectivity index (χ2v) is 5.43. The molecule has 0 saturated heterocycles. The average molecular weight is 283 g/mol. The van der Waals surface area contributed by atoms with Gasteiger partial charge < -0.3 is 5.73 Å². The monoisotopic (exact) mass is 282 g/mol. The number of benzene rings is 1. The van der Waals surface area contributed by atoms with Gasteiger partial charge in [0.1, 0.15) is 0 Å². The lowest BCUT2D eigenvalue weighted by Crippen LogP contribution is -2.25. The highest BCUT2D eigenvalue weighted by Crippen LogP contribution is 2.31. The van der Waals surface area contributed by atoms with Gasteiger partial charge in [0.15, 0.2) is 0 Å². The van der Waals surface area contributed by atoms with Gasteiger partial charge in [-0.2, -0.15) is 0 Å². The van der Waals surface area contributed by atoms with Crippen LogP contribution in [0, 0.1) is 5.92 Å². The lowest BCUT2D eigenvalue weighted by Gasteiger charge is -2.21. The SMILES string of the molecule is CCN(Cc1c(N)cccc1Br)CC1CC1. The van der Waals surface area contributed by atoms with Crippen molar-refractivity contribution in [3.8, 4) is 0 Å². The van der Waals surface area contributed by atoms with Gasteiger partial charge in [-0.1, -0.05) is 28.9 Å². The lowest BCUT2D eigenvalue weighted by molar-refractivity contribution is 0.268. The summed E-state index contributed by atoms with van der Waals surface area (Å²) in [5.74, 6) is 0.934. The quantitative estimate of drug-likeness (QED) is 0.840. The van der Waals surface area contributed by atoms with Crippen molar-refractivity contribution in [2.45, 2.75) is 26.3 Å². The van der Waals surface area contributed by atoms with Crippen LogP contribution >= 0.6 is 15.9 Å². The number of nitrogens with two attached hydrogens (primary N) is 1. The molecule has 16 heavy (non-hydrogen) atoms. The van der Waals surface area contributed by atoms with Crippen molar-refractivity contribution in [1.29, 1.82) is 0 Å². The van der Waals surface area contributed by atoms with Crippen LogP contribution in [0.1, 0.15) is 25.3 Å². The van der Waals surface area contributed by atoms with Crippen molar-refractivity contribution >= 4 is 21.6 Å². The van der Waals surface area contributed by atoms with Crippen LogP contribution in [-0.2, 0) is 6.54 Å². The summed E-state index contributed by atoms with van der Waals surface area (Å²) >= 11 is 3.58. The normalized spacial score (nSPS) is 15.7. The first-order valence-electron chi connectivity index (χ1n) is 5.96. The standard InChI is InChI=1S/C13H19BrN2/c1-2-16(8-10-6-7-10)9-11-12(14)4-3-5-13(11)15/h3-5,10H,2,6-9,15H2,1H3. The van der Waals surface area contributed by atoms with E-state index in [-0.39, 0.29) is 0 Å². The van der Waals surface area contributed by atoms with Crippen LogP contribution in [0.5, 0.6) is 0 Å². The van der Waals surface area contributed by atoms with Gasteiger partial charge in [-0.25, -0.2) is 0 Å². The Morgan fingerprint density at radius 3 is 2.75 bits per heavy atom. The van der Waals surface area contributed by atoms with Crippen LogP contribution in [0.2, 0.25) is 0 Å². The molecule has 2 nitrogen and oxygen atoms in total. The maximum atomic E-state index is 6.01. The van der Waals surface area contributed by atoms with E-state index in [9.17, 15) is 0 Å². The van der Waals surface area contributed by atoms with Gasteiger partial charge in [0.2, 0.25) is 0 Å². The minimum atomic E-state index is 0.892.